The molecule has 5 nitrogen and oxygen atoms in total. The van der Waals surface area contributed by atoms with E-state index in [9.17, 15) is 0 Å². The molecule has 0 spiro atoms. The zero-order chi connectivity index (χ0) is 19.8. The fourth-order valence-corrected chi connectivity index (χ4v) is 4.04. The van der Waals surface area contributed by atoms with E-state index in [2.05, 4.69) is 52.0 Å². The summed E-state index contributed by atoms with van der Waals surface area (Å²) in [5.41, 5.74) is 5.60. The number of rotatable bonds is 3. The summed E-state index contributed by atoms with van der Waals surface area (Å²) in [6.45, 7) is 5.96. The number of nitrogens with zero attached hydrogens (tertiary/aromatic N) is 5. The molecule has 1 saturated heterocycles. The summed E-state index contributed by atoms with van der Waals surface area (Å²) in [5.74, 6) is 0.990. The third kappa shape index (κ3) is 3.54. The van der Waals surface area contributed by atoms with Crippen molar-refractivity contribution in [2.75, 3.05) is 36.0 Å². The van der Waals surface area contributed by atoms with Crippen LogP contribution in [0, 0.1) is 6.92 Å². The first-order chi connectivity index (χ1) is 14.2. The van der Waals surface area contributed by atoms with Crippen molar-refractivity contribution in [2.45, 2.75) is 6.92 Å². The van der Waals surface area contributed by atoms with Crippen LogP contribution in [-0.4, -0.2) is 40.8 Å². The van der Waals surface area contributed by atoms with E-state index in [1.165, 1.54) is 11.3 Å². The van der Waals surface area contributed by atoms with Gasteiger partial charge in [0.15, 0.2) is 5.82 Å². The van der Waals surface area contributed by atoms with Gasteiger partial charge in [-0.1, -0.05) is 35.9 Å². The van der Waals surface area contributed by atoms with E-state index in [0.717, 1.165) is 53.8 Å². The number of fused-ring (bicyclic) bond motifs is 1. The molecule has 1 fully saturated rings. The van der Waals surface area contributed by atoms with Crippen LogP contribution >= 0.6 is 11.6 Å². The summed E-state index contributed by atoms with van der Waals surface area (Å²) < 4.78 is 1.92. The maximum atomic E-state index is 6.02. The molecule has 1 aliphatic heterocycles. The van der Waals surface area contributed by atoms with Gasteiger partial charge in [-0.15, -0.1) is 0 Å². The van der Waals surface area contributed by atoms with Crippen LogP contribution in [0.15, 0.2) is 67.0 Å². The molecule has 2 aromatic carbocycles. The van der Waals surface area contributed by atoms with Crippen LogP contribution in [0.3, 0.4) is 0 Å². The summed E-state index contributed by atoms with van der Waals surface area (Å²) in [6, 6.07) is 18.6. The Hall–Kier alpha value is -3.05. The SMILES string of the molecule is Cc1cccc(N2CCN(c3nccn4nc(-c5ccc(Cl)cc5)cc34)CC2)c1. The van der Waals surface area contributed by atoms with Gasteiger partial charge in [0.2, 0.25) is 0 Å². The molecule has 0 atom stereocenters. The van der Waals surface area contributed by atoms with Gasteiger partial charge in [0, 0.05) is 54.8 Å². The second-order valence-electron chi connectivity index (χ2n) is 7.43. The lowest BCUT2D eigenvalue weighted by Crippen LogP contribution is -2.47. The van der Waals surface area contributed by atoms with E-state index in [1.54, 1.807) is 0 Å². The summed E-state index contributed by atoms with van der Waals surface area (Å²) in [4.78, 5) is 9.49. The molecule has 6 heteroatoms. The summed E-state index contributed by atoms with van der Waals surface area (Å²) in [5, 5.41) is 5.46. The van der Waals surface area contributed by atoms with Gasteiger partial charge in [-0.3, -0.25) is 0 Å². The van der Waals surface area contributed by atoms with Crippen LogP contribution in [0.4, 0.5) is 11.5 Å². The molecule has 2 aromatic heterocycles. The fraction of sp³-hybridized carbons (Fsp3) is 0.217. The Kier molecular flexibility index (Phi) is 4.60. The number of benzene rings is 2. The van der Waals surface area contributed by atoms with E-state index in [0.29, 0.717) is 0 Å². The number of hydrogen-bond acceptors (Lipinski definition) is 4. The third-order valence-corrected chi connectivity index (χ3v) is 5.71. The Balaban J connectivity index is 1.40. The van der Waals surface area contributed by atoms with Gasteiger partial charge in [0.25, 0.3) is 0 Å². The first-order valence-corrected chi connectivity index (χ1v) is 10.2. The quantitative estimate of drug-likeness (QED) is 0.497. The van der Waals surface area contributed by atoms with Crippen LogP contribution in [0.1, 0.15) is 5.56 Å². The average Bonchev–Trinajstić information content (AvgIpc) is 3.19. The van der Waals surface area contributed by atoms with Crippen LogP contribution in [-0.2, 0) is 0 Å². The zero-order valence-corrected chi connectivity index (χ0v) is 17.0. The van der Waals surface area contributed by atoms with Gasteiger partial charge in [-0.25, -0.2) is 9.50 Å². The Bertz CT molecular complexity index is 1140. The second-order valence-corrected chi connectivity index (χ2v) is 7.87. The smallest absolute Gasteiger partial charge is 0.154 e. The van der Waals surface area contributed by atoms with Gasteiger partial charge in [0.05, 0.1) is 5.69 Å². The van der Waals surface area contributed by atoms with Gasteiger partial charge in [0.1, 0.15) is 5.52 Å². The predicted octanol–water partition coefficient (Wildman–Crippen LogP) is 4.68. The molecule has 0 aliphatic carbocycles. The van der Waals surface area contributed by atoms with Crippen molar-refractivity contribution in [1.29, 1.82) is 0 Å². The molecule has 1 aliphatic rings. The minimum absolute atomic E-state index is 0.728. The van der Waals surface area contributed by atoms with Crippen LogP contribution in [0.2, 0.25) is 5.02 Å². The molecular weight excluding hydrogens is 382 g/mol. The van der Waals surface area contributed by atoms with Crippen molar-refractivity contribution in [2.24, 2.45) is 0 Å². The van der Waals surface area contributed by atoms with Crippen molar-refractivity contribution in [1.82, 2.24) is 14.6 Å². The molecule has 4 aromatic rings. The molecule has 0 amide bonds. The maximum Gasteiger partial charge on any atom is 0.154 e. The Morgan fingerprint density at radius 2 is 1.66 bits per heavy atom. The maximum absolute atomic E-state index is 6.02. The molecule has 3 heterocycles. The summed E-state index contributed by atoms with van der Waals surface area (Å²) in [7, 11) is 0. The minimum atomic E-state index is 0.728. The highest BCUT2D eigenvalue weighted by molar-refractivity contribution is 6.30. The molecule has 0 bridgehead atoms. The van der Waals surface area contributed by atoms with Crippen molar-refractivity contribution in [3.05, 3.63) is 77.6 Å². The van der Waals surface area contributed by atoms with E-state index < -0.39 is 0 Å². The van der Waals surface area contributed by atoms with Gasteiger partial charge < -0.3 is 9.80 Å². The van der Waals surface area contributed by atoms with Crippen LogP contribution < -0.4 is 9.80 Å². The summed E-state index contributed by atoms with van der Waals surface area (Å²) in [6.07, 6.45) is 3.73. The van der Waals surface area contributed by atoms with Gasteiger partial charge in [-0.05, 0) is 42.8 Å². The first-order valence-electron chi connectivity index (χ1n) is 9.84. The largest absolute Gasteiger partial charge is 0.368 e. The highest BCUT2D eigenvalue weighted by Gasteiger charge is 2.21. The number of halogens is 1. The number of aryl methyl sites for hydroxylation is 1. The Morgan fingerprint density at radius 1 is 0.897 bits per heavy atom. The third-order valence-electron chi connectivity index (χ3n) is 5.46. The molecule has 0 radical (unpaired) electrons. The van der Waals surface area contributed by atoms with E-state index in [-0.39, 0.29) is 0 Å². The number of piperazine rings is 1. The molecule has 5 rings (SSSR count). The standard InChI is InChI=1S/C23H22ClN5/c1-17-3-2-4-20(15-17)27-11-13-28(14-12-27)23-22-16-21(26-29(22)10-9-25-23)18-5-7-19(24)8-6-18/h2-10,15-16H,11-14H2,1H3. The lowest BCUT2D eigenvalue weighted by molar-refractivity contribution is 0.647. The van der Waals surface area contributed by atoms with E-state index in [4.69, 9.17) is 16.7 Å². The molecule has 146 valence electrons. The van der Waals surface area contributed by atoms with Gasteiger partial charge in [-0.2, -0.15) is 5.10 Å². The van der Waals surface area contributed by atoms with Crippen molar-refractivity contribution in [3.63, 3.8) is 0 Å². The average molecular weight is 404 g/mol. The summed E-state index contributed by atoms with van der Waals surface area (Å²) >= 11 is 6.02. The lowest BCUT2D eigenvalue weighted by Gasteiger charge is -2.37. The molecular formula is C23H22ClN5. The number of aromatic nitrogens is 3. The highest BCUT2D eigenvalue weighted by Crippen LogP contribution is 2.27. The highest BCUT2D eigenvalue weighted by atomic mass is 35.5. The number of hydrogen-bond donors (Lipinski definition) is 0. The Morgan fingerprint density at radius 3 is 2.41 bits per heavy atom. The van der Waals surface area contributed by atoms with Crippen molar-refractivity contribution in [3.8, 4) is 11.3 Å². The monoisotopic (exact) mass is 403 g/mol. The number of anilines is 2. The van der Waals surface area contributed by atoms with Gasteiger partial charge >= 0.3 is 0 Å². The first kappa shape index (κ1) is 18.0. The minimum Gasteiger partial charge on any atom is -0.368 e. The molecule has 0 saturated carbocycles. The topological polar surface area (TPSA) is 36.7 Å². The predicted molar refractivity (Wildman–Crippen MR) is 119 cm³/mol. The fourth-order valence-electron chi connectivity index (χ4n) is 3.91. The molecule has 0 N–H and O–H groups in total. The molecule has 29 heavy (non-hydrogen) atoms. The second kappa shape index (κ2) is 7.41. The van der Waals surface area contributed by atoms with Crippen LogP contribution in [0.25, 0.3) is 16.8 Å². The van der Waals surface area contributed by atoms with Crippen molar-refractivity contribution >= 4 is 28.6 Å². The van der Waals surface area contributed by atoms with E-state index >= 15 is 0 Å². The van der Waals surface area contributed by atoms with Crippen LogP contribution in [0.5, 0.6) is 0 Å². The Labute approximate surface area is 175 Å². The van der Waals surface area contributed by atoms with Crippen molar-refractivity contribution < 1.29 is 0 Å². The normalized spacial score (nSPS) is 14.6. The lowest BCUT2D eigenvalue weighted by atomic mass is 10.1. The molecule has 0 unspecified atom stereocenters. The van der Waals surface area contributed by atoms with E-state index in [1.807, 2.05) is 41.2 Å². The zero-order valence-electron chi connectivity index (χ0n) is 16.3.